The quantitative estimate of drug-likeness (QED) is 0.846. The van der Waals surface area contributed by atoms with Crippen LogP contribution in [0.1, 0.15) is 18.9 Å². The van der Waals surface area contributed by atoms with Gasteiger partial charge in [-0.15, -0.1) is 0 Å². The zero-order chi connectivity index (χ0) is 18.4. The standard InChI is InChI=1S/C17H23F3N2O3/c1-12-10-21-7-8-22(12)16(23)6-4-13-3-5-14(15(9-13)24-2)25-11-17(18,19)20/h3,5,9,12,21H,4,6-8,10-11H2,1-2H3. The Morgan fingerprint density at radius 3 is 2.76 bits per heavy atom. The van der Waals surface area contributed by atoms with Crippen LogP contribution in [0.15, 0.2) is 18.2 Å². The van der Waals surface area contributed by atoms with Gasteiger partial charge in [0.05, 0.1) is 7.11 Å². The van der Waals surface area contributed by atoms with Gasteiger partial charge >= 0.3 is 6.18 Å². The number of ether oxygens (including phenoxy) is 2. The number of rotatable bonds is 6. The number of hydrogen-bond acceptors (Lipinski definition) is 4. The molecule has 0 aliphatic carbocycles. The van der Waals surface area contributed by atoms with Gasteiger partial charge in [-0.3, -0.25) is 4.79 Å². The predicted octanol–water partition coefficient (Wildman–Crippen LogP) is 2.39. The van der Waals surface area contributed by atoms with E-state index in [1.54, 1.807) is 12.1 Å². The van der Waals surface area contributed by atoms with Crippen LogP contribution in [0, 0.1) is 0 Å². The lowest BCUT2D eigenvalue weighted by molar-refractivity contribution is -0.153. The molecule has 1 heterocycles. The highest BCUT2D eigenvalue weighted by Gasteiger charge is 2.29. The van der Waals surface area contributed by atoms with Gasteiger partial charge in [0.2, 0.25) is 5.91 Å². The average Bonchev–Trinajstić information content (AvgIpc) is 2.57. The van der Waals surface area contributed by atoms with Crippen LogP contribution in [0.3, 0.4) is 0 Å². The molecule has 2 rings (SSSR count). The van der Waals surface area contributed by atoms with Gasteiger partial charge in [0.25, 0.3) is 0 Å². The van der Waals surface area contributed by atoms with E-state index in [2.05, 4.69) is 5.32 Å². The van der Waals surface area contributed by atoms with E-state index in [9.17, 15) is 18.0 Å². The number of halogens is 3. The summed E-state index contributed by atoms with van der Waals surface area (Å²) in [5, 5.41) is 3.23. The van der Waals surface area contributed by atoms with Crippen LogP contribution < -0.4 is 14.8 Å². The van der Waals surface area contributed by atoms with Crippen molar-refractivity contribution in [3.05, 3.63) is 23.8 Å². The van der Waals surface area contributed by atoms with Gasteiger partial charge < -0.3 is 19.7 Å². The van der Waals surface area contributed by atoms with Crippen LogP contribution in [-0.2, 0) is 11.2 Å². The maximum absolute atomic E-state index is 12.3. The third-order valence-electron chi connectivity index (χ3n) is 4.07. The highest BCUT2D eigenvalue weighted by Crippen LogP contribution is 2.30. The number of piperazine rings is 1. The van der Waals surface area contributed by atoms with Crippen LogP contribution in [0.25, 0.3) is 0 Å². The first-order valence-electron chi connectivity index (χ1n) is 8.17. The van der Waals surface area contributed by atoms with Crippen LogP contribution >= 0.6 is 0 Å². The van der Waals surface area contributed by atoms with Crippen LogP contribution in [0.2, 0.25) is 0 Å². The molecule has 25 heavy (non-hydrogen) atoms. The Morgan fingerprint density at radius 2 is 2.12 bits per heavy atom. The Morgan fingerprint density at radius 1 is 1.36 bits per heavy atom. The Kier molecular flexibility index (Phi) is 6.52. The summed E-state index contributed by atoms with van der Waals surface area (Å²) in [7, 11) is 1.37. The summed E-state index contributed by atoms with van der Waals surface area (Å²) in [5.41, 5.74) is 0.812. The summed E-state index contributed by atoms with van der Waals surface area (Å²) < 4.78 is 46.6. The number of carbonyl (C=O) groups is 1. The van der Waals surface area contributed by atoms with E-state index in [-0.39, 0.29) is 23.4 Å². The molecular formula is C17H23F3N2O3. The first-order chi connectivity index (χ1) is 11.8. The molecule has 1 atom stereocenters. The molecule has 0 saturated carbocycles. The van der Waals surface area contributed by atoms with Crippen molar-refractivity contribution >= 4 is 5.91 Å². The van der Waals surface area contributed by atoms with Crippen molar-refractivity contribution < 1.29 is 27.4 Å². The number of nitrogens with one attached hydrogen (secondary N) is 1. The molecule has 1 aromatic carbocycles. The van der Waals surface area contributed by atoms with Gasteiger partial charge in [0.15, 0.2) is 18.1 Å². The highest BCUT2D eigenvalue weighted by atomic mass is 19.4. The van der Waals surface area contributed by atoms with E-state index in [0.717, 1.165) is 18.7 Å². The zero-order valence-electron chi connectivity index (χ0n) is 14.4. The number of alkyl halides is 3. The SMILES string of the molecule is COc1cc(CCC(=O)N2CCNCC2C)ccc1OCC(F)(F)F. The summed E-state index contributed by atoms with van der Waals surface area (Å²) in [4.78, 5) is 14.2. The Bertz CT molecular complexity index is 593. The van der Waals surface area contributed by atoms with E-state index >= 15 is 0 Å². The molecule has 1 fully saturated rings. The van der Waals surface area contributed by atoms with E-state index in [0.29, 0.717) is 19.4 Å². The number of nitrogens with zero attached hydrogens (tertiary/aromatic N) is 1. The molecule has 1 N–H and O–H groups in total. The second-order valence-corrected chi connectivity index (χ2v) is 6.03. The van der Waals surface area contributed by atoms with E-state index < -0.39 is 12.8 Å². The minimum Gasteiger partial charge on any atom is -0.493 e. The summed E-state index contributed by atoms with van der Waals surface area (Å²) >= 11 is 0. The monoisotopic (exact) mass is 360 g/mol. The van der Waals surface area contributed by atoms with Crippen molar-refractivity contribution in [3.8, 4) is 11.5 Å². The van der Waals surface area contributed by atoms with Gasteiger partial charge in [-0.05, 0) is 31.0 Å². The molecule has 8 heteroatoms. The lowest BCUT2D eigenvalue weighted by atomic mass is 10.1. The fourth-order valence-corrected chi connectivity index (χ4v) is 2.75. The van der Waals surface area contributed by atoms with Crippen molar-refractivity contribution in [2.75, 3.05) is 33.4 Å². The molecule has 0 bridgehead atoms. The maximum Gasteiger partial charge on any atom is 0.422 e. The van der Waals surface area contributed by atoms with Crippen molar-refractivity contribution in [1.29, 1.82) is 0 Å². The largest absolute Gasteiger partial charge is 0.493 e. The number of methoxy groups -OCH3 is 1. The maximum atomic E-state index is 12.3. The molecule has 1 saturated heterocycles. The van der Waals surface area contributed by atoms with Crippen LogP contribution in [0.4, 0.5) is 13.2 Å². The number of carbonyl (C=O) groups excluding carboxylic acids is 1. The Labute approximate surface area is 145 Å². The topological polar surface area (TPSA) is 50.8 Å². The molecule has 140 valence electrons. The summed E-state index contributed by atoms with van der Waals surface area (Å²) in [6.45, 7) is 2.88. The summed E-state index contributed by atoms with van der Waals surface area (Å²) in [6.07, 6.45) is -3.57. The third kappa shape index (κ3) is 5.81. The minimum absolute atomic E-state index is 0.0330. The second-order valence-electron chi connectivity index (χ2n) is 6.03. The molecule has 5 nitrogen and oxygen atoms in total. The zero-order valence-corrected chi connectivity index (χ0v) is 14.4. The Balaban J connectivity index is 1.94. The number of aryl methyl sites for hydroxylation is 1. The number of amides is 1. The minimum atomic E-state index is -4.41. The van der Waals surface area contributed by atoms with Crippen LogP contribution in [0.5, 0.6) is 11.5 Å². The van der Waals surface area contributed by atoms with E-state index in [1.807, 2.05) is 11.8 Å². The van der Waals surface area contributed by atoms with Crippen molar-refractivity contribution in [2.24, 2.45) is 0 Å². The molecule has 1 aliphatic rings. The molecule has 1 unspecified atom stereocenters. The van der Waals surface area contributed by atoms with E-state index in [4.69, 9.17) is 9.47 Å². The van der Waals surface area contributed by atoms with Gasteiger partial charge in [-0.2, -0.15) is 13.2 Å². The molecule has 1 aromatic rings. The Hall–Kier alpha value is -1.96. The summed E-state index contributed by atoms with van der Waals surface area (Å²) in [6, 6.07) is 4.87. The normalized spacial score (nSPS) is 18.1. The lowest BCUT2D eigenvalue weighted by Crippen LogP contribution is -2.52. The molecule has 0 spiro atoms. The fourth-order valence-electron chi connectivity index (χ4n) is 2.75. The van der Waals surface area contributed by atoms with E-state index in [1.165, 1.54) is 13.2 Å². The second kappa shape index (κ2) is 8.42. The molecular weight excluding hydrogens is 337 g/mol. The smallest absolute Gasteiger partial charge is 0.422 e. The third-order valence-corrected chi connectivity index (χ3v) is 4.07. The molecule has 0 radical (unpaired) electrons. The van der Waals surface area contributed by atoms with Gasteiger partial charge in [0.1, 0.15) is 0 Å². The average molecular weight is 360 g/mol. The molecule has 0 aromatic heterocycles. The molecule has 1 amide bonds. The highest BCUT2D eigenvalue weighted by molar-refractivity contribution is 5.77. The van der Waals surface area contributed by atoms with Crippen molar-refractivity contribution in [2.45, 2.75) is 32.0 Å². The van der Waals surface area contributed by atoms with Gasteiger partial charge in [-0.25, -0.2) is 0 Å². The first kappa shape index (κ1) is 19.4. The van der Waals surface area contributed by atoms with Crippen molar-refractivity contribution in [3.63, 3.8) is 0 Å². The molecule has 1 aliphatic heterocycles. The van der Waals surface area contributed by atoms with Gasteiger partial charge in [-0.1, -0.05) is 6.07 Å². The van der Waals surface area contributed by atoms with Gasteiger partial charge in [0, 0.05) is 32.1 Å². The lowest BCUT2D eigenvalue weighted by Gasteiger charge is -2.34. The first-order valence-corrected chi connectivity index (χ1v) is 8.17. The predicted molar refractivity (Wildman–Crippen MR) is 86.9 cm³/mol. The van der Waals surface area contributed by atoms with Crippen LogP contribution in [-0.4, -0.2) is 56.4 Å². The fraction of sp³-hybridized carbons (Fsp3) is 0.588. The number of hydrogen-bond donors (Lipinski definition) is 1. The number of benzene rings is 1. The summed E-state index contributed by atoms with van der Waals surface area (Å²) in [5.74, 6) is 0.334. The van der Waals surface area contributed by atoms with Crippen molar-refractivity contribution in [1.82, 2.24) is 10.2 Å².